The summed E-state index contributed by atoms with van der Waals surface area (Å²) in [6, 6.07) is 11.2. The van der Waals surface area contributed by atoms with Gasteiger partial charge in [0.1, 0.15) is 18.0 Å². The van der Waals surface area contributed by atoms with Crippen molar-refractivity contribution in [1.29, 1.82) is 0 Å². The number of nitrogens with one attached hydrogen (secondary N) is 1. The second-order valence-corrected chi connectivity index (χ2v) is 23.9. The summed E-state index contributed by atoms with van der Waals surface area (Å²) in [5.74, 6) is -6.47. The van der Waals surface area contributed by atoms with Crippen LogP contribution in [0.5, 0.6) is 0 Å². The Hall–Kier alpha value is -5.93. The lowest BCUT2D eigenvalue weighted by Gasteiger charge is -2.46. The molecule has 22 heteroatoms. The van der Waals surface area contributed by atoms with Crippen molar-refractivity contribution >= 4 is 29.1 Å². The van der Waals surface area contributed by atoms with Crippen LogP contribution in [0.25, 0.3) is 0 Å². The summed E-state index contributed by atoms with van der Waals surface area (Å²) in [4.78, 5) is 59.6. The molecule has 2 saturated heterocycles. The first-order valence-electron chi connectivity index (χ1n) is 30.8. The Morgan fingerprint density at radius 1 is 0.753 bits per heavy atom. The molecule has 0 saturated carbocycles. The summed E-state index contributed by atoms with van der Waals surface area (Å²) >= 11 is 0. The van der Waals surface area contributed by atoms with Gasteiger partial charge in [-0.1, -0.05) is 105 Å². The zero-order valence-corrected chi connectivity index (χ0v) is 51.7. The van der Waals surface area contributed by atoms with Gasteiger partial charge in [0.25, 0.3) is 0 Å². The Balaban J connectivity index is 1.37. The number of amides is 1. The fourth-order valence-electron chi connectivity index (χ4n) is 11.2. The van der Waals surface area contributed by atoms with Crippen LogP contribution in [-0.2, 0) is 39.8 Å². The number of cyclic esters (lactones) is 1. The number of hydrogen-bond acceptors (Lipinski definition) is 21. The van der Waals surface area contributed by atoms with Crippen LogP contribution in [0, 0.1) is 17.8 Å². The molecule has 1 aromatic heterocycles. The van der Waals surface area contributed by atoms with Gasteiger partial charge in [-0.25, -0.2) is 0 Å². The lowest BCUT2D eigenvalue weighted by Crippen LogP contribution is -2.62. The van der Waals surface area contributed by atoms with Crippen molar-refractivity contribution < 1.29 is 89.2 Å². The predicted molar refractivity (Wildman–Crippen MR) is 333 cm³/mol. The molecule has 1 aromatic carbocycles. The van der Waals surface area contributed by atoms with E-state index in [0.29, 0.717) is 24.1 Å². The Morgan fingerprint density at radius 3 is 1.97 bits per heavy atom. The molecule has 492 valence electrons. The average Bonchev–Trinajstić information content (AvgIpc) is 1.92. The number of aliphatic hydroxyl groups excluding tert-OH is 9. The fourth-order valence-corrected chi connectivity index (χ4v) is 11.2. The smallest absolute Gasteiger partial charge is 0.308 e. The molecule has 19 atom stereocenters. The number of ether oxygens (including phenoxy) is 4. The number of aliphatic hydroxyl groups is 10. The predicted octanol–water partition coefficient (Wildman–Crippen LogP) is 3.76. The van der Waals surface area contributed by atoms with Gasteiger partial charge in [-0.15, -0.1) is 0 Å². The molecule has 0 aliphatic carbocycles. The van der Waals surface area contributed by atoms with Gasteiger partial charge in [-0.05, 0) is 81.3 Å². The summed E-state index contributed by atoms with van der Waals surface area (Å²) in [5, 5.41) is 115. The van der Waals surface area contributed by atoms with Gasteiger partial charge in [-0.2, -0.15) is 0 Å². The quantitative estimate of drug-likeness (QED) is 0.0946. The maximum absolute atomic E-state index is 14.4. The monoisotopic (exact) mass is 1240 g/mol. The highest BCUT2D eigenvalue weighted by Crippen LogP contribution is 2.39. The highest BCUT2D eigenvalue weighted by atomic mass is 16.7. The molecule has 89 heavy (non-hydrogen) atoms. The van der Waals surface area contributed by atoms with Crippen LogP contribution in [0.4, 0.5) is 5.69 Å². The van der Waals surface area contributed by atoms with Crippen LogP contribution in [0.1, 0.15) is 114 Å². The lowest BCUT2D eigenvalue weighted by atomic mass is 9.81. The third-order valence-electron chi connectivity index (χ3n) is 16.2. The minimum absolute atomic E-state index is 0.104. The van der Waals surface area contributed by atoms with Crippen molar-refractivity contribution in [2.75, 3.05) is 26.0 Å². The molecule has 0 radical (unpaired) electrons. The van der Waals surface area contributed by atoms with Crippen LogP contribution in [0.15, 0.2) is 134 Å². The average molecular weight is 1250 g/mol. The van der Waals surface area contributed by atoms with Crippen molar-refractivity contribution in [3.05, 3.63) is 145 Å². The largest absolute Gasteiger partial charge is 0.461 e. The number of nitrogens with zero attached hydrogens (tertiary/aromatic N) is 2. The number of nitrogens with two attached hydrogens (primary N) is 1. The van der Waals surface area contributed by atoms with Crippen LogP contribution in [0.2, 0.25) is 0 Å². The zero-order chi connectivity index (χ0) is 65.2. The SMILES string of the molecule is CNc1ccc(C(=O)CC(O)CCC(C)C2OC(=O)CC(O)CC(=O)CC(O)CC(O)CC(O)CC(O)CC3(O)CC(O)C(C(=O)N(C)CCc4ccccn4)C(CC(O[C@@H]4O[C@H](C)[C@@H](O)[C@H](N)[C@@H]4O)/C=C/C=C/C=C/C=C\C=C/C=C/C=C/C2C)O3)cc1. The molecule has 2 bridgehead atoms. The van der Waals surface area contributed by atoms with Gasteiger partial charge < -0.3 is 86.0 Å². The number of carbonyl (C=O) groups excluding carboxylic acids is 4. The first kappa shape index (κ1) is 73.8. The summed E-state index contributed by atoms with van der Waals surface area (Å²) in [6.07, 6.45) is 5.08. The number of allylic oxidation sites excluding steroid dienone is 12. The minimum atomic E-state index is -2.30. The molecule has 3 aliphatic heterocycles. The molecule has 1 amide bonds. The summed E-state index contributed by atoms with van der Waals surface area (Å²) in [7, 11) is 3.33. The van der Waals surface area contributed by atoms with Crippen molar-refractivity contribution in [3.8, 4) is 0 Å². The van der Waals surface area contributed by atoms with E-state index in [-0.39, 0.29) is 56.3 Å². The molecule has 4 heterocycles. The van der Waals surface area contributed by atoms with Crippen molar-refractivity contribution in [2.24, 2.45) is 23.5 Å². The fraction of sp³-hybridized carbons (Fsp3) is 0.567. The Labute approximate surface area is 522 Å². The normalized spacial score (nSPS) is 35.3. The van der Waals surface area contributed by atoms with E-state index in [0.717, 1.165) is 5.69 Å². The van der Waals surface area contributed by atoms with E-state index in [1.54, 1.807) is 137 Å². The van der Waals surface area contributed by atoms with E-state index < -0.39 is 160 Å². The Bertz CT molecular complexity index is 2700. The molecule has 13 N–H and O–H groups in total. The number of Topliss-reactive ketones (excluding diaryl/α,β-unsaturated/α-hetero) is 2. The van der Waals surface area contributed by atoms with Gasteiger partial charge in [0.15, 0.2) is 17.9 Å². The summed E-state index contributed by atoms with van der Waals surface area (Å²) < 4.78 is 24.5. The van der Waals surface area contributed by atoms with Crippen LogP contribution in [-0.4, -0.2) is 203 Å². The number of carbonyl (C=O) groups is 4. The number of aromatic nitrogens is 1. The number of pyridine rings is 1. The molecule has 2 aromatic rings. The van der Waals surface area contributed by atoms with Crippen LogP contribution in [0.3, 0.4) is 0 Å². The first-order chi connectivity index (χ1) is 42.3. The number of benzene rings is 1. The van der Waals surface area contributed by atoms with E-state index >= 15 is 0 Å². The minimum Gasteiger partial charge on any atom is -0.461 e. The van der Waals surface area contributed by atoms with Crippen molar-refractivity contribution in [1.82, 2.24) is 9.88 Å². The molecule has 5 rings (SSSR count). The van der Waals surface area contributed by atoms with Crippen LogP contribution >= 0.6 is 0 Å². The maximum Gasteiger partial charge on any atom is 0.308 e. The molecule has 14 unspecified atom stereocenters. The topological polar surface area (TPSA) is 362 Å². The number of anilines is 1. The number of ketones is 2. The molecule has 3 aliphatic rings. The van der Waals surface area contributed by atoms with Gasteiger partial charge >= 0.3 is 5.97 Å². The van der Waals surface area contributed by atoms with Crippen molar-refractivity contribution in [3.63, 3.8) is 0 Å². The maximum atomic E-state index is 14.4. The van der Waals surface area contributed by atoms with E-state index in [1.165, 1.54) is 4.90 Å². The first-order valence-corrected chi connectivity index (χ1v) is 30.8. The molecule has 22 nitrogen and oxygen atoms in total. The number of esters is 1. The van der Waals surface area contributed by atoms with Gasteiger partial charge in [0, 0.05) is 94.6 Å². The molecule has 0 spiro atoms. The third kappa shape index (κ3) is 25.3. The second-order valence-electron chi connectivity index (χ2n) is 23.9. The standard InChI is InChI=1S/C67H96N4O18/c1-42-20-16-14-12-10-8-6-7-9-11-13-15-17-22-55(87-66-63(83)61(68)62(82)44(3)86-66)39-58-60(65(84)71(5)31-29-47-21-18-19-30-70-47)57(80)41-67(85,89-58)40-54(78)36-52(76)34-50(74)32-49(73)33-51(75)35-53(77)38-59(81)88-64(42)43(2)23-28-48(72)37-56(79)45-24-26-46(69-4)27-25-45/h6-22,24-27,30,42-44,48-50,52-55,57-58,60-64,66,69,72-74,76-78,80,82-83,85H,23,28-29,31-41,68H2,1-5H3/b7-6-,10-8-,11-9+,14-12+,15-13+,20-16+,22-17+/t42?,43?,44-,48?,49?,50?,52?,53?,54?,55?,57?,58?,60?,61+,62-,63+,64?,66+,67?/m1/s1. The molecular formula is C67H96N4O18. The zero-order valence-electron chi connectivity index (χ0n) is 51.7. The molecular weight excluding hydrogens is 1150 g/mol. The number of fused-ring (bicyclic) bond motifs is 2. The van der Waals surface area contributed by atoms with Gasteiger partial charge in [-0.3, -0.25) is 24.2 Å². The van der Waals surface area contributed by atoms with E-state index in [9.17, 15) is 70.2 Å². The highest BCUT2D eigenvalue weighted by Gasteiger charge is 2.51. The summed E-state index contributed by atoms with van der Waals surface area (Å²) in [6.45, 7) is 5.47. The third-order valence-corrected chi connectivity index (χ3v) is 16.2. The van der Waals surface area contributed by atoms with E-state index in [4.69, 9.17) is 24.7 Å². The van der Waals surface area contributed by atoms with Gasteiger partial charge in [0.2, 0.25) is 5.91 Å². The van der Waals surface area contributed by atoms with Gasteiger partial charge in [0.05, 0.1) is 85.5 Å². The van der Waals surface area contributed by atoms with E-state index in [2.05, 4.69) is 10.3 Å². The number of hydrogen-bond donors (Lipinski definition) is 12. The van der Waals surface area contributed by atoms with Crippen molar-refractivity contribution in [2.45, 2.75) is 202 Å². The Kier molecular flexibility index (Phi) is 31.0. The number of rotatable bonds is 14. The Morgan fingerprint density at radius 2 is 1.35 bits per heavy atom. The van der Waals surface area contributed by atoms with Crippen LogP contribution < -0.4 is 11.1 Å². The van der Waals surface area contributed by atoms with E-state index in [1.807, 2.05) is 32.1 Å². The highest BCUT2D eigenvalue weighted by molar-refractivity contribution is 5.96. The number of likely N-dealkylation sites (N-methyl/N-ethyl adjacent to an activating group) is 1. The lowest BCUT2D eigenvalue weighted by molar-refractivity contribution is -0.307. The summed E-state index contributed by atoms with van der Waals surface area (Å²) in [5.41, 5.74) is 8.20. The molecule has 2 fully saturated rings. The second kappa shape index (κ2) is 37.4.